The third-order valence-corrected chi connectivity index (χ3v) is 4.02. The van der Waals surface area contributed by atoms with Gasteiger partial charge < -0.3 is 20.8 Å². The van der Waals surface area contributed by atoms with Gasteiger partial charge in [0.2, 0.25) is 0 Å². The Kier molecular flexibility index (Phi) is 7.88. The zero-order chi connectivity index (χ0) is 18.3. The van der Waals surface area contributed by atoms with Crippen LogP contribution >= 0.6 is 0 Å². The van der Waals surface area contributed by atoms with Gasteiger partial charge in [0.1, 0.15) is 0 Å². The third-order valence-electron chi connectivity index (χ3n) is 4.02. The Morgan fingerprint density at radius 1 is 0.875 bits per heavy atom. The van der Waals surface area contributed by atoms with E-state index >= 15 is 0 Å². The molecule has 2 atom stereocenters. The van der Waals surface area contributed by atoms with Crippen LogP contribution in [0.5, 0.6) is 0 Å². The summed E-state index contributed by atoms with van der Waals surface area (Å²) in [6.45, 7) is 7.35. The number of carbonyl (C=O) groups is 2. The number of benzene rings is 1. The Morgan fingerprint density at radius 3 is 1.54 bits per heavy atom. The minimum Gasteiger partial charge on any atom is -0.394 e. The molecule has 1 aromatic rings. The van der Waals surface area contributed by atoms with Gasteiger partial charge in [0, 0.05) is 11.1 Å². The summed E-state index contributed by atoms with van der Waals surface area (Å²) in [5, 5.41) is 24.1. The maximum Gasteiger partial charge on any atom is 0.251 e. The Balaban J connectivity index is 2.86. The normalized spacial score (nSPS) is 13.7. The first kappa shape index (κ1) is 20.1. The number of amides is 2. The number of aliphatic hydroxyl groups is 2. The fourth-order valence-electron chi connectivity index (χ4n) is 2.15. The lowest BCUT2D eigenvalue weighted by Crippen LogP contribution is -2.42. The van der Waals surface area contributed by atoms with E-state index in [4.69, 9.17) is 0 Å². The molecule has 2 amide bonds. The van der Waals surface area contributed by atoms with Crippen LogP contribution in [0.4, 0.5) is 0 Å². The van der Waals surface area contributed by atoms with Crippen LogP contribution in [0.1, 0.15) is 48.4 Å². The van der Waals surface area contributed by atoms with E-state index in [1.165, 1.54) is 6.07 Å². The van der Waals surface area contributed by atoms with Crippen molar-refractivity contribution in [3.05, 3.63) is 35.4 Å². The van der Waals surface area contributed by atoms with E-state index in [1.807, 2.05) is 27.7 Å². The largest absolute Gasteiger partial charge is 0.394 e. The third kappa shape index (κ3) is 5.62. The zero-order valence-corrected chi connectivity index (χ0v) is 14.7. The topological polar surface area (TPSA) is 98.7 Å². The minimum absolute atomic E-state index is 0.0989. The van der Waals surface area contributed by atoms with Crippen LogP contribution in [-0.4, -0.2) is 47.3 Å². The second-order valence-corrected chi connectivity index (χ2v) is 6.59. The van der Waals surface area contributed by atoms with E-state index in [-0.39, 0.29) is 48.9 Å². The van der Waals surface area contributed by atoms with Crippen molar-refractivity contribution in [3.8, 4) is 0 Å². The highest BCUT2D eigenvalue weighted by molar-refractivity contribution is 5.99. The standard InChI is InChI=1S/C18H28N2O4/c1-11(2)15(9-21)19-17(23)13-6-5-7-14(8-13)18(24)20-16(10-22)12(3)4/h5-8,11-12,15-16,21-22H,9-10H2,1-4H3,(H,19,23)(H,20,24). The van der Waals surface area contributed by atoms with E-state index in [0.29, 0.717) is 11.1 Å². The van der Waals surface area contributed by atoms with Gasteiger partial charge in [0.05, 0.1) is 25.3 Å². The Morgan fingerprint density at radius 2 is 1.25 bits per heavy atom. The Labute approximate surface area is 143 Å². The molecule has 4 N–H and O–H groups in total. The van der Waals surface area contributed by atoms with Gasteiger partial charge >= 0.3 is 0 Å². The van der Waals surface area contributed by atoms with Crippen LogP contribution in [0.2, 0.25) is 0 Å². The number of carbonyl (C=O) groups excluding carboxylic acids is 2. The highest BCUT2D eigenvalue weighted by Crippen LogP contribution is 2.09. The molecule has 134 valence electrons. The van der Waals surface area contributed by atoms with Crippen LogP contribution in [0, 0.1) is 11.8 Å². The molecule has 6 nitrogen and oxygen atoms in total. The van der Waals surface area contributed by atoms with Gasteiger partial charge in [-0.3, -0.25) is 9.59 Å². The van der Waals surface area contributed by atoms with Crippen molar-refractivity contribution < 1.29 is 19.8 Å². The van der Waals surface area contributed by atoms with Crippen molar-refractivity contribution >= 4 is 11.8 Å². The first-order chi connectivity index (χ1) is 11.3. The molecular formula is C18H28N2O4. The summed E-state index contributed by atoms with van der Waals surface area (Å²) in [7, 11) is 0. The molecule has 0 aliphatic rings. The molecule has 0 fully saturated rings. The van der Waals surface area contributed by atoms with Gasteiger partial charge in [-0.25, -0.2) is 0 Å². The van der Waals surface area contributed by atoms with Crippen molar-refractivity contribution in [2.75, 3.05) is 13.2 Å². The lowest BCUT2D eigenvalue weighted by molar-refractivity contribution is 0.0895. The van der Waals surface area contributed by atoms with E-state index in [0.717, 1.165) is 0 Å². The zero-order valence-electron chi connectivity index (χ0n) is 14.7. The molecule has 0 aromatic heterocycles. The first-order valence-electron chi connectivity index (χ1n) is 8.23. The number of hydrogen-bond donors (Lipinski definition) is 4. The summed E-state index contributed by atoms with van der Waals surface area (Å²) in [5.41, 5.74) is 0.707. The summed E-state index contributed by atoms with van der Waals surface area (Å²) in [4.78, 5) is 24.6. The Hall–Kier alpha value is -1.92. The molecule has 1 aromatic carbocycles. The highest BCUT2D eigenvalue weighted by Gasteiger charge is 2.19. The van der Waals surface area contributed by atoms with Crippen molar-refractivity contribution in [2.45, 2.75) is 39.8 Å². The second kappa shape index (κ2) is 9.39. The van der Waals surface area contributed by atoms with Crippen LogP contribution in [-0.2, 0) is 0 Å². The Bertz CT molecular complexity index is 512. The van der Waals surface area contributed by atoms with E-state index in [2.05, 4.69) is 10.6 Å². The van der Waals surface area contributed by atoms with Crippen molar-refractivity contribution in [1.82, 2.24) is 10.6 Å². The number of aliphatic hydroxyl groups excluding tert-OH is 2. The maximum absolute atomic E-state index is 12.3. The average Bonchev–Trinajstić information content (AvgIpc) is 2.56. The SMILES string of the molecule is CC(C)C(CO)NC(=O)c1cccc(C(=O)NC(CO)C(C)C)c1. The summed E-state index contributed by atoms with van der Waals surface area (Å²) >= 11 is 0. The molecule has 0 heterocycles. The molecular weight excluding hydrogens is 308 g/mol. The second-order valence-electron chi connectivity index (χ2n) is 6.59. The molecule has 0 bridgehead atoms. The van der Waals surface area contributed by atoms with Crippen LogP contribution in [0.3, 0.4) is 0 Å². The van der Waals surface area contributed by atoms with Gasteiger partial charge in [-0.15, -0.1) is 0 Å². The van der Waals surface area contributed by atoms with E-state index in [9.17, 15) is 19.8 Å². The fraction of sp³-hybridized carbons (Fsp3) is 0.556. The van der Waals surface area contributed by atoms with E-state index in [1.54, 1.807) is 18.2 Å². The van der Waals surface area contributed by atoms with Crippen molar-refractivity contribution in [2.24, 2.45) is 11.8 Å². The summed E-state index contributed by atoms with van der Waals surface area (Å²) < 4.78 is 0. The molecule has 0 aliphatic carbocycles. The number of hydrogen-bond acceptors (Lipinski definition) is 4. The summed E-state index contributed by atoms with van der Waals surface area (Å²) in [6.07, 6.45) is 0. The minimum atomic E-state index is -0.338. The molecule has 1 rings (SSSR count). The van der Waals surface area contributed by atoms with Gasteiger partial charge in [0.15, 0.2) is 0 Å². The molecule has 6 heteroatoms. The fourth-order valence-corrected chi connectivity index (χ4v) is 2.15. The van der Waals surface area contributed by atoms with Gasteiger partial charge in [-0.2, -0.15) is 0 Å². The summed E-state index contributed by atoms with van der Waals surface area (Å²) in [6, 6.07) is 5.70. The lowest BCUT2D eigenvalue weighted by Gasteiger charge is -2.21. The predicted molar refractivity (Wildman–Crippen MR) is 92.8 cm³/mol. The predicted octanol–water partition coefficient (Wildman–Crippen LogP) is 1.18. The molecule has 0 saturated carbocycles. The van der Waals surface area contributed by atoms with Gasteiger partial charge in [0.25, 0.3) is 11.8 Å². The monoisotopic (exact) mass is 336 g/mol. The molecule has 24 heavy (non-hydrogen) atoms. The molecule has 0 aliphatic heterocycles. The first-order valence-corrected chi connectivity index (χ1v) is 8.23. The van der Waals surface area contributed by atoms with Crippen LogP contribution in [0.25, 0.3) is 0 Å². The maximum atomic E-state index is 12.3. The smallest absolute Gasteiger partial charge is 0.251 e. The molecule has 0 saturated heterocycles. The van der Waals surface area contributed by atoms with Crippen molar-refractivity contribution in [1.29, 1.82) is 0 Å². The lowest BCUT2D eigenvalue weighted by atomic mass is 10.0. The molecule has 0 spiro atoms. The molecule has 2 unspecified atom stereocenters. The van der Waals surface area contributed by atoms with Crippen molar-refractivity contribution in [3.63, 3.8) is 0 Å². The number of nitrogens with one attached hydrogen (secondary N) is 2. The van der Waals surface area contributed by atoms with Crippen LogP contribution < -0.4 is 10.6 Å². The van der Waals surface area contributed by atoms with E-state index < -0.39 is 0 Å². The van der Waals surface area contributed by atoms with Gasteiger partial charge in [-0.1, -0.05) is 33.8 Å². The summed E-state index contributed by atoms with van der Waals surface area (Å²) in [5.74, 6) is -0.469. The van der Waals surface area contributed by atoms with Crippen LogP contribution in [0.15, 0.2) is 24.3 Å². The average molecular weight is 336 g/mol. The molecule has 0 radical (unpaired) electrons. The van der Waals surface area contributed by atoms with Gasteiger partial charge in [-0.05, 0) is 30.0 Å². The quantitative estimate of drug-likeness (QED) is 0.573. The number of rotatable bonds is 8. The highest BCUT2D eigenvalue weighted by atomic mass is 16.3.